The molecule has 2 amide bonds. The molecule has 24 heavy (non-hydrogen) atoms. The molecule has 1 saturated carbocycles. The number of urea groups is 1. The van der Waals surface area contributed by atoms with Crippen LogP contribution in [0.1, 0.15) is 18.4 Å². The number of rotatable bonds is 2. The van der Waals surface area contributed by atoms with Gasteiger partial charge in [0.25, 0.3) is 0 Å². The highest BCUT2D eigenvalue weighted by molar-refractivity contribution is 6.34. The van der Waals surface area contributed by atoms with Gasteiger partial charge in [0.2, 0.25) is 0 Å². The lowest BCUT2D eigenvalue weighted by Gasteiger charge is -2.17. The van der Waals surface area contributed by atoms with Crippen LogP contribution in [0.2, 0.25) is 5.02 Å². The van der Waals surface area contributed by atoms with Gasteiger partial charge in [-0.15, -0.1) is 0 Å². The standard InChI is InChI=1S/C18H17ClN4O/c19-15-13(9-21-16-14(15)18(4-5-18)10-22-16)11-2-1-3-12(8-11)23-7-6-20-17(23)24/h1-3,8-9H,4-7,10H2,(H,20,24)(H,21,22). The minimum atomic E-state index is -0.0496. The number of hydrogen-bond donors (Lipinski definition) is 2. The van der Waals surface area contributed by atoms with Crippen LogP contribution in [0.3, 0.4) is 0 Å². The van der Waals surface area contributed by atoms with Gasteiger partial charge in [0.1, 0.15) is 5.82 Å². The maximum atomic E-state index is 11.9. The molecule has 6 heteroatoms. The van der Waals surface area contributed by atoms with Crippen LogP contribution < -0.4 is 15.5 Å². The van der Waals surface area contributed by atoms with Crippen molar-refractivity contribution in [3.05, 3.63) is 41.0 Å². The van der Waals surface area contributed by atoms with Crippen LogP contribution >= 0.6 is 11.6 Å². The second kappa shape index (κ2) is 4.86. The SMILES string of the molecule is O=C1NCCN1c1cccc(-c2cnc3c(c2Cl)C2(CC2)CN3)c1. The largest absolute Gasteiger partial charge is 0.369 e. The van der Waals surface area contributed by atoms with Crippen molar-refractivity contribution >= 4 is 29.1 Å². The molecule has 1 saturated heterocycles. The Labute approximate surface area is 145 Å². The molecule has 0 atom stereocenters. The Bertz CT molecular complexity index is 862. The number of nitrogens with one attached hydrogen (secondary N) is 2. The van der Waals surface area contributed by atoms with Gasteiger partial charge < -0.3 is 10.6 Å². The summed E-state index contributed by atoms with van der Waals surface area (Å²) in [5.74, 6) is 0.927. The zero-order chi connectivity index (χ0) is 16.3. The van der Waals surface area contributed by atoms with E-state index in [1.165, 1.54) is 18.4 Å². The Kier molecular flexibility index (Phi) is 2.86. The number of anilines is 2. The number of benzene rings is 1. The summed E-state index contributed by atoms with van der Waals surface area (Å²) in [6.07, 6.45) is 4.18. The summed E-state index contributed by atoms with van der Waals surface area (Å²) in [5, 5.41) is 7.01. The highest BCUT2D eigenvalue weighted by Crippen LogP contribution is 2.57. The number of halogens is 1. The van der Waals surface area contributed by atoms with E-state index in [-0.39, 0.29) is 11.4 Å². The summed E-state index contributed by atoms with van der Waals surface area (Å²) < 4.78 is 0. The first-order valence-electron chi connectivity index (χ1n) is 8.27. The molecule has 1 aromatic carbocycles. The van der Waals surface area contributed by atoms with Gasteiger partial charge in [-0.3, -0.25) is 4.90 Å². The molecular formula is C18H17ClN4O. The lowest BCUT2D eigenvalue weighted by molar-refractivity contribution is 0.252. The molecule has 0 unspecified atom stereocenters. The fourth-order valence-corrected chi connectivity index (χ4v) is 4.23. The van der Waals surface area contributed by atoms with Crippen molar-refractivity contribution < 1.29 is 4.79 Å². The minimum absolute atomic E-state index is 0.0496. The Morgan fingerprint density at radius 3 is 2.88 bits per heavy atom. The molecule has 3 heterocycles. The molecule has 1 aliphatic carbocycles. The average Bonchev–Trinajstić information content (AvgIpc) is 3.08. The highest BCUT2D eigenvalue weighted by atomic mass is 35.5. The number of pyridine rings is 1. The zero-order valence-corrected chi connectivity index (χ0v) is 13.9. The van der Waals surface area contributed by atoms with E-state index in [0.717, 1.165) is 34.2 Å². The van der Waals surface area contributed by atoms with Gasteiger partial charge in [-0.2, -0.15) is 0 Å². The van der Waals surface area contributed by atoms with Crippen LogP contribution in [0.4, 0.5) is 16.3 Å². The van der Waals surface area contributed by atoms with Crippen molar-refractivity contribution in [1.29, 1.82) is 0 Å². The van der Waals surface area contributed by atoms with Crippen molar-refractivity contribution in [3.8, 4) is 11.1 Å². The van der Waals surface area contributed by atoms with Crippen molar-refractivity contribution in [2.75, 3.05) is 29.9 Å². The Balaban J connectivity index is 1.59. The normalized spacial score (nSPS) is 20.0. The first-order chi connectivity index (χ1) is 11.7. The maximum absolute atomic E-state index is 11.9. The fourth-order valence-electron chi connectivity index (χ4n) is 3.79. The number of amides is 2. The molecule has 122 valence electrons. The monoisotopic (exact) mass is 340 g/mol. The molecule has 2 N–H and O–H groups in total. The quantitative estimate of drug-likeness (QED) is 0.881. The third-order valence-corrected chi connectivity index (χ3v) is 5.71. The predicted octanol–water partition coefficient (Wildman–Crippen LogP) is 3.39. The second-order valence-corrected chi connectivity index (χ2v) is 7.16. The van der Waals surface area contributed by atoms with Crippen LogP contribution in [0.5, 0.6) is 0 Å². The first-order valence-corrected chi connectivity index (χ1v) is 8.64. The van der Waals surface area contributed by atoms with E-state index < -0.39 is 0 Å². The number of carbonyl (C=O) groups is 1. The Morgan fingerprint density at radius 1 is 1.25 bits per heavy atom. The number of nitrogens with zero attached hydrogens (tertiary/aromatic N) is 2. The van der Waals surface area contributed by atoms with Gasteiger partial charge in [0, 0.05) is 48.1 Å². The second-order valence-electron chi connectivity index (χ2n) is 6.78. The Morgan fingerprint density at radius 2 is 2.12 bits per heavy atom. The number of fused-ring (bicyclic) bond motifs is 2. The van der Waals surface area contributed by atoms with Crippen molar-refractivity contribution in [2.45, 2.75) is 18.3 Å². The molecule has 1 spiro atoms. The van der Waals surface area contributed by atoms with E-state index in [1.807, 2.05) is 30.5 Å². The van der Waals surface area contributed by atoms with Crippen LogP contribution in [-0.2, 0) is 5.41 Å². The summed E-state index contributed by atoms with van der Waals surface area (Å²) in [5.41, 5.74) is 4.19. The summed E-state index contributed by atoms with van der Waals surface area (Å²) in [6, 6.07) is 7.90. The highest BCUT2D eigenvalue weighted by Gasteiger charge is 2.51. The van der Waals surface area contributed by atoms with Crippen molar-refractivity contribution in [1.82, 2.24) is 10.3 Å². The summed E-state index contributed by atoms with van der Waals surface area (Å²) in [4.78, 5) is 18.2. The predicted molar refractivity (Wildman–Crippen MR) is 94.8 cm³/mol. The van der Waals surface area contributed by atoms with E-state index >= 15 is 0 Å². The van der Waals surface area contributed by atoms with E-state index in [4.69, 9.17) is 11.6 Å². The first kappa shape index (κ1) is 14.1. The smallest absolute Gasteiger partial charge is 0.321 e. The summed E-state index contributed by atoms with van der Waals surface area (Å²) >= 11 is 6.78. The molecule has 1 aromatic heterocycles. The molecule has 2 aliphatic heterocycles. The third kappa shape index (κ3) is 1.94. The molecule has 2 fully saturated rings. The molecule has 3 aliphatic rings. The summed E-state index contributed by atoms with van der Waals surface area (Å²) in [7, 11) is 0. The molecule has 0 bridgehead atoms. The molecule has 5 nitrogen and oxygen atoms in total. The molecular weight excluding hydrogens is 324 g/mol. The lowest BCUT2D eigenvalue weighted by atomic mass is 9.96. The van der Waals surface area contributed by atoms with Crippen molar-refractivity contribution in [2.24, 2.45) is 0 Å². The molecule has 0 radical (unpaired) electrons. The van der Waals surface area contributed by atoms with Gasteiger partial charge in [-0.25, -0.2) is 9.78 Å². The number of aromatic nitrogens is 1. The van der Waals surface area contributed by atoms with Crippen LogP contribution in [0.25, 0.3) is 11.1 Å². The van der Waals surface area contributed by atoms with E-state index in [1.54, 1.807) is 4.90 Å². The van der Waals surface area contributed by atoms with Gasteiger partial charge in [0.05, 0.1) is 5.02 Å². The zero-order valence-electron chi connectivity index (χ0n) is 13.1. The minimum Gasteiger partial charge on any atom is -0.369 e. The van der Waals surface area contributed by atoms with Gasteiger partial charge in [0.15, 0.2) is 0 Å². The number of carbonyl (C=O) groups excluding carboxylic acids is 1. The maximum Gasteiger partial charge on any atom is 0.321 e. The molecule has 2 aromatic rings. The Hall–Kier alpha value is -2.27. The van der Waals surface area contributed by atoms with Crippen molar-refractivity contribution in [3.63, 3.8) is 0 Å². The van der Waals surface area contributed by atoms with Crippen LogP contribution in [-0.4, -0.2) is 30.6 Å². The van der Waals surface area contributed by atoms with Crippen LogP contribution in [0.15, 0.2) is 30.5 Å². The van der Waals surface area contributed by atoms with Gasteiger partial charge >= 0.3 is 6.03 Å². The van der Waals surface area contributed by atoms with Gasteiger partial charge in [-0.1, -0.05) is 23.7 Å². The van der Waals surface area contributed by atoms with Gasteiger partial charge in [-0.05, 0) is 30.5 Å². The fraction of sp³-hybridized carbons (Fsp3) is 0.333. The lowest BCUT2D eigenvalue weighted by Crippen LogP contribution is -2.27. The third-order valence-electron chi connectivity index (χ3n) is 5.32. The van der Waals surface area contributed by atoms with Crippen LogP contribution in [0, 0.1) is 0 Å². The number of hydrogen-bond acceptors (Lipinski definition) is 3. The van der Waals surface area contributed by atoms with E-state index in [0.29, 0.717) is 13.1 Å². The topological polar surface area (TPSA) is 57.3 Å². The summed E-state index contributed by atoms with van der Waals surface area (Å²) in [6.45, 7) is 2.30. The molecule has 5 rings (SSSR count). The van der Waals surface area contributed by atoms with E-state index in [2.05, 4.69) is 15.6 Å². The average molecular weight is 341 g/mol. The van der Waals surface area contributed by atoms with E-state index in [9.17, 15) is 4.79 Å².